The zero-order valence-electron chi connectivity index (χ0n) is 13.4. The number of aliphatic hydroxyl groups excluding tert-OH is 1. The smallest absolute Gasteiger partial charge is 0.342 e. The number of hydrogen-bond acceptors (Lipinski definition) is 7. The molecule has 0 saturated carbocycles. The van der Waals surface area contributed by atoms with Crippen molar-refractivity contribution in [1.82, 2.24) is 4.98 Å². The van der Waals surface area contributed by atoms with Crippen molar-refractivity contribution in [2.45, 2.75) is 6.10 Å². The molecule has 0 unspecified atom stereocenters. The summed E-state index contributed by atoms with van der Waals surface area (Å²) in [5.41, 5.74) is 0.582. The first kappa shape index (κ1) is 17.3. The van der Waals surface area contributed by atoms with Crippen molar-refractivity contribution in [2.75, 3.05) is 6.79 Å². The molecule has 0 aliphatic rings. The second-order valence-corrected chi connectivity index (χ2v) is 5.28. The number of nitrogens with zero attached hydrogens (tertiary/aromatic N) is 2. The summed E-state index contributed by atoms with van der Waals surface area (Å²) in [5, 5.41) is 21.3. The molecular formula is C18H14N2O6. The number of esters is 1. The molecule has 0 radical (unpaired) electrons. The number of aliphatic hydroxyl groups is 1. The van der Waals surface area contributed by atoms with E-state index >= 15 is 0 Å². The lowest BCUT2D eigenvalue weighted by molar-refractivity contribution is -0.383. The minimum Gasteiger partial charge on any atom is -0.455 e. The number of benzene rings is 2. The molecule has 26 heavy (non-hydrogen) atoms. The highest BCUT2D eigenvalue weighted by molar-refractivity contribution is 5.92. The number of ether oxygens (including phenoxy) is 2. The van der Waals surface area contributed by atoms with Crippen molar-refractivity contribution in [2.24, 2.45) is 0 Å². The van der Waals surface area contributed by atoms with Crippen LogP contribution in [0, 0.1) is 10.1 Å². The summed E-state index contributed by atoms with van der Waals surface area (Å²) in [4.78, 5) is 26.5. The van der Waals surface area contributed by atoms with Gasteiger partial charge in [0, 0.05) is 12.3 Å². The third kappa shape index (κ3) is 3.60. The van der Waals surface area contributed by atoms with E-state index in [1.54, 1.807) is 42.5 Å². The molecule has 3 aromatic rings. The van der Waals surface area contributed by atoms with E-state index in [0.717, 1.165) is 0 Å². The normalized spacial score (nSPS) is 11.7. The van der Waals surface area contributed by atoms with Crippen LogP contribution in [0.4, 0.5) is 5.69 Å². The molecule has 0 amide bonds. The Labute approximate surface area is 147 Å². The number of nitro groups is 1. The highest BCUT2D eigenvalue weighted by atomic mass is 16.7. The fourth-order valence-electron chi connectivity index (χ4n) is 2.41. The first-order chi connectivity index (χ1) is 12.6. The van der Waals surface area contributed by atoms with Gasteiger partial charge in [-0.15, -0.1) is 0 Å². The highest BCUT2D eigenvalue weighted by Crippen LogP contribution is 2.31. The average molecular weight is 354 g/mol. The van der Waals surface area contributed by atoms with Gasteiger partial charge in [-0.1, -0.05) is 30.3 Å². The van der Waals surface area contributed by atoms with E-state index < -0.39 is 23.8 Å². The predicted molar refractivity (Wildman–Crippen MR) is 91.4 cm³/mol. The monoisotopic (exact) mass is 354 g/mol. The van der Waals surface area contributed by atoms with Crippen LogP contribution in [0.15, 0.2) is 60.8 Å². The first-order valence-electron chi connectivity index (χ1n) is 7.62. The number of pyridine rings is 1. The van der Waals surface area contributed by atoms with Gasteiger partial charge in [-0.05, 0) is 23.8 Å². The van der Waals surface area contributed by atoms with Crippen LogP contribution in [0.3, 0.4) is 0 Å². The van der Waals surface area contributed by atoms with E-state index in [2.05, 4.69) is 4.98 Å². The average Bonchev–Trinajstić information content (AvgIpc) is 2.67. The summed E-state index contributed by atoms with van der Waals surface area (Å²) in [6.07, 6.45) is 0.0518. The van der Waals surface area contributed by atoms with E-state index in [-0.39, 0.29) is 17.0 Å². The van der Waals surface area contributed by atoms with Crippen molar-refractivity contribution < 1.29 is 24.3 Å². The van der Waals surface area contributed by atoms with Gasteiger partial charge in [0.25, 0.3) is 5.69 Å². The molecule has 0 fully saturated rings. The van der Waals surface area contributed by atoms with E-state index in [9.17, 15) is 20.0 Å². The number of hydrogen-bond donors (Lipinski definition) is 1. The summed E-state index contributed by atoms with van der Waals surface area (Å²) < 4.78 is 10.3. The molecule has 1 atom stereocenters. The quantitative estimate of drug-likeness (QED) is 0.313. The maximum Gasteiger partial charge on any atom is 0.342 e. The van der Waals surface area contributed by atoms with Crippen molar-refractivity contribution in [3.8, 4) is 5.75 Å². The fourth-order valence-corrected chi connectivity index (χ4v) is 2.41. The third-order valence-corrected chi connectivity index (χ3v) is 3.66. The molecule has 0 bridgehead atoms. The number of rotatable bonds is 6. The largest absolute Gasteiger partial charge is 0.455 e. The Bertz CT molecular complexity index is 945. The van der Waals surface area contributed by atoms with E-state index in [4.69, 9.17) is 9.47 Å². The molecule has 0 spiro atoms. The van der Waals surface area contributed by atoms with Crippen molar-refractivity contribution in [1.29, 1.82) is 0 Å². The molecular weight excluding hydrogens is 340 g/mol. The maximum absolute atomic E-state index is 11.9. The van der Waals surface area contributed by atoms with Gasteiger partial charge in [0.15, 0.2) is 6.10 Å². The molecule has 2 aromatic carbocycles. The number of nitro benzene ring substituents is 1. The summed E-state index contributed by atoms with van der Waals surface area (Å²) in [6, 6.07) is 14.1. The van der Waals surface area contributed by atoms with Crippen LogP contribution < -0.4 is 4.74 Å². The predicted octanol–water partition coefficient (Wildman–Crippen LogP) is 2.76. The molecule has 132 valence electrons. The van der Waals surface area contributed by atoms with Gasteiger partial charge < -0.3 is 14.6 Å². The summed E-state index contributed by atoms with van der Waals surface area (Å²) in [7, 11) is 0. The number of non-ortho nitro benzene ring substituents is 1. The number of carbonyl (C=O) groups is 1. The van der Waals surface area contributed by atoms with Crippen LogP contribution in [0.5, 0.6) is 5.75 Å². The molecule has 0 aliphatic heterocycles. The van der Waals surface area contributed by atoms with Gasteiger partial charge in [-0.3, -0.25) is 15.1 Å². The maximum atomic E-state index is 11.9. The lowest BCUT2D eigenvalue weighted by Crippen LogP contribution is -2.18. The molecule has 3 rings (SSSR count). The zero-order valence-corrected chi connectivity index (χ0v) is 13.4. The Hall–Kier alpha value is -3.52. The Kier molecular flexibility index (Phi) is 5.04. The summed E-state index contributed by atoms with van der Waals surface area (Å²) in [5.74, 6) is -0.636. The fraction of sp³-hybridized carbons (Fsp3) is 0.111. The van der Waals surface area contributed by atoms with Gasteiger partial charge in [-0.2, -0.15) is 0 Å². The molecule has 8 heteroatoms. The van der Waals surface area contributed by atoms with Gasteiger partial charge in [0.1, 0.15) is 11.3 Å². The van der Waals surface area contributed by atoms with Gasteiger partial charge in [0.2, 0.25) is 6.79 Å². The standard InChI is InChI=1S/C18H14N2O6/c21-17(12-5-2-1-3-6-12)18(22)26-11-25-15-9-8-14(20(23)24)13-7-4-10-19-16(13)15/h1-10,17,21H,11H2/t17-/m1/s1. The number of fused-ring (bicyclic) bond motifs is 1. The molecule has 0 aliphatic carbocycles. The topological polar surface area (TPSA) is 112 Å². The second kappa shape index (κ2) is 7.58. The molecule has 1 aromatic heterocycles. The third-order valence-electron chi connectivity index (χ3n) is 3.66. The van der Waals surface area contributed by atoms with Crippen LogP contribution in [-0.2, 0) is 9.53 Å². The van der Waals surface area contributed by atoms with Crippen LogP contribution in [0.25, 0.3) is 10.9 Å². The number of aromatic nitrogens is 1. The van der Waals surface area contributed by atoms with Gasteiger partial charge in [-0.25, -0.2) is 4.79 Å². The van der Waals surface area contributed by atoms with Crippen LogP contribution >= 0.6 is 0 Å². The van der Waals surface area contributed by atoms with Crippen LogP contribution in [0.2, 0.25) is 0 Å². The SMILES string of the molecule is O=C(OCOc1ccc([N+](=O)[O-])c2cccnc12)[C@H](O)c1ccccc1. The second-order valence-electron chi connectivity index (χ2n) is 5.28. The minimum atomic E-state index is -1.42. The van der Waals surface area contributed by atoms with Gasteiger partial charge >= 0.3 is 5.97 Å². The van der Waals surface area contributed by atoms with E-state index in [1.165, 1.54) is 18.3 Å². The Morgan fingerprint density at radius 2 is 1.92 bits per heavy atom. The molecule has 1 N–H and O–H groups in total. The lowest BCUT2D eigenvalue weighted by atomic mass is 10.1. The van der Waals surface area contributed by atoms with E-state index in [1.807, 2.05) is 0 Å². The Morgan fingerprint density at radius 1 is 1.15 bits per heavy atom. The zero-order chi connectivity index (χ0) is 18.5. The summed E-state index contributed by atoms with van der Waals surface area (Å²) >= 11 is 0. The molecule has 8 nitrogen and oxygen atoms in total. The van der Waals surface area contributed by atoms with E-state index in [0.29, 0.717) is 10.9 Å². The van der Waals surface area contributed by atoms with Gasteiger partial charge in [0.05, 0.1) is 10.3 Å². The molecule has 0 saturated heterocycles. The van der Waals surface area contributed by atoms with Crippen LogP contribution in [-0.4, -0.2) is 27.8 Å². The highest BCUT2D eigenvalue weighted by Gasteiger charge is 2.20. The van der Waals surface area contributed by atoms with Crippen molar-refractivity contribution in [3.05, 3.63) is 76.5 Å². The van der Waals surface area contributed by atoms with Crippen LogP contribution in [0.1, 0.15) is 11.7 Å². The minimum absolute atomic E-state index is 0.100. The van der Waals surface area contributed by atoms with Crippen molar-refractivity contribution in [3.63, 3.8) is 0 Å². The molecule has 1 heterocycles. The first-order valence-corrected chi connectivity index (χ1v) is 7.62. The Morgan fingerprint density at radius 3 is 2.65 bits per heavy atom. The van der Waals surface area contributed by atoms with Crippen molar-refractivity contribution >= 4 is 22.6 Å². The summed E-state index contributed by atoms with van der Waals surface area (Å²) in [6.45, 7) is -0.466. The Balaban J connectivity index is 1.70. The number of carbonyl (C=O) groups excluding carboxylic acids is 1. The lowest BCUT2D eigenvalue weighted by Gasteiger charge is -2.12.